The van der Waals surface area contributed by atoms with E-state index in [0.29, 0.717) is 16.8 Å². The normalized spacial score (nSPS) is 14.5. The highest BCUT2D eigenvalue weighted by molar-refractivity contribution is 9.10. The van der Waals surface area contributed by atoms with E-state index in [0.717, 1.165) is 32.3 Å². The smallest absolute Gasteiger partial charge is 0.142 e. The van der Waals surface area contributed by atoms with Crippen LogP contribution in [0.2, 0.25) is 0 Å². The summed E-state index contributed by atoms with van der Waals surface area (Å²) in [6.45, 7) is 3.74. The molecular weight excluding hydrogens is 364 g/mol. The van der Waals surface area contributed by atoms with Crippen molar-refractivity contribution in [3.63, 3.8) is 0 Å². The second-order valence-electron chi connectivity index (χ2n) is 5.55. The number of aromatic nitrogens is 1. The number of nitrogens with two attached hydrogens (primary N) is 1. The van der Waals surface area contributed by atoms with Crippen molar-refractivity contribution < 1.29 is 0 Å². The molecule has 116 valence electrons. The lowest BCUT2D eigenvalue weighted by Crippen LogP contribution is -2.03. The summed E-state index contributed by atoms with van der Waals surface area (Å²) < 4.78 is 0.999. The first-order valence-electron chi connectivity index (χ1n) is 7.27. The summed E-state index contributed by atoms with van der Waals surface area (Å²) in [5.74, 6) is 0.166. The van der Waals surface area contributed by atoms with Crippen molar-refractivity contribution in [2.45, 2.75) is 13.8 Å². The second kappa shape index (κ2) is 5.96. The molecule has 0 bridgehead atoms. The summed E-state index contributed by atoms with van der Waals surface area (Å²) in [4.78, 5) is 4.32. The van der Waals surface area contributed by atoms with Gasteiger partial charge in [-0.3, -0.25) is 0 Å². The van der Waals surface area contributed by atoms with E-state index in [1.165, 1.54) is 0 Å². The monoisotopic (exact) mass is 376 g/mol. The number of hydrogen-bond acceptors (Lipinski definition) is 4. The van der Waals surface area contributed by atoms with E-state index >= 15 is 0 Å². The molecule has 3 rings (SSSR count). The van der Waals surface area contributed by atoms with Crippen molar-refractivity contribution >= 4 is 39.0 Å². The number of fused-ring (bicyclic) bond motifs is 1. The lowest BCUT2D eigenvalue weighted by molar-refractivity contribution is 1.22. The standard InChI is InChI=1S/C19H13BrN4/c1-10-14(7-12-3-5-13(20)6-4-12)17-11(2)16(9-22)19(23)24-18(17)15(10)8-21/h3-7H,1-2H3,(H2,23,24). The second-order valence-corrected chi connectivity index (χ2v) is 6.47. The van der Waals surface area contributed by atoms with Crippen LogP contribution in [0.15, 0.2) is 34.3 Å². The van der Waals surface area contributed by atoms with Gasteiger partial charge in [0, 0.05) is 10.0 Å². The number of halogens is 1. The van der Waals surface area contributed by atoms with Gasteiger partial charge in [0.05, 0.1) is 16.8 Å². The third kappa shape index (κ3) is 2.40. The highest BCUT2D eigenvalue weighted by atomic mass is 79.9. The first kappa shape index (κ1) is 16.0. The van der Waals surface area contributed by atoms with Crippen LogP contribution in [-0.4, -0.2) is 4.98 Å². The van der Waals surface area contributed by atoms with Crippen molar-refractivity contribution in [2.75, 3.05) is 5.73 Å². The molecule has 0 spiro atoms. The van der Waals surface area contributed by atoms with E-state index in [-0.39, 0.29) is 5.82 Å². The van der Waals surface area contributed by atoms with Gasteiger partial charge in [-0.1, -0.05) is 28.1 Å². The zero-order valence-corrected chi connectivity index (χ0v) is 14.8. The minimum atomic E-state index is 0.166. The molecule has 1 aliphatic carbocycles. The third-order valence-electron chi connectivity index (χ3n) is 4.16. The molecule has 1 aliphatic rings. The number of pyridine rings is 1. The van der Waals surface area contributed by atoms with Crippen molar-refractivity contribution in [1.29, 1.82) is 10.5 Å². The van der Waals surface area contributed by atoms with Gasteiger partial charge in [0.1, 0.15) is 18.0 Å². The van der Waals surface area contributed by atoms with Gasteiger partial charge in [0.25, 0.3) is 0 Å². The van der Waals surface area contributed by atoms with E-state index < -0.39 is 0 Å². The molecule has 24 heavy (non-hydrogen) atoms. The topological polar surface area (TPSA) is 86.5 Å². The zero-order valence-electron chi connectivity index (χ0n) is 13.2. The predicted octanol–water partition coefficient (Wildman–Crippen LogP) is 4.46. The SMILES string of the molecule is CC1=C(C#N)c2nc(N)c(C#N)c(C)c2C1=Cc1ccc(Br)cc1. The van der Waals surface area contributed by atoms with Gasteiger partial charge in [0.2, 0.25) is 0 Å². The minimum Gasteiger partial charge on any atom is -0.383 e. The van der Waals surface area contributed by atoms with E-state index in [9.17, 15) is 10.5 Å². The number of nitrogens with zero attached hydrogens (tertiary/aromatic N) is 3. The summed E-state index contributed by atoms with van der Waals surface area (Å²) in [6.07, 6.45) is 2.01. The molecule has 0 saturated carbocycles. The van der Waals surface area contributed by atoms with Gasteiger partial charge in [-0.15, -0.1) is 0 Å². The van der Waals surface area contributed by atoms with Crippen molar-refractivity contribution in [1.82, 2.24) is 4.98 Å². The minimum absolute atomic E-state index is 0.166. The average molecular weight is 377 g/mol. The van der Waals surface area contributed by atoms with Gasteiger partial charge in [-0.2, -0.15) is 10.5 Å². The number of hydrogen-bond donors (Lipinski definition) is 1. The highest BCUT2D eigenvalue weighted by Crippen LogP contribution is 2.44. The molecule has 0 atom stereocenters. The van der Waals surface area contributed by atoms with Crippen molar-refractivity contribution in [3.8, 4) is 12.1 Å². The first-order valence-corrected chi connectivity index (χ1v) is 8.06. The fourth-order valence-electron chi connectivity index (χ4n) is 2.92. The van der Waals surface area contributed by atoms with Crippen LogP contribution in [0.4, 0.5) is 5.82 Å². The average Bonchev–Trinajstić information content (AvgIpc) is 2.81. The molecule has 4 nitrogen and oxygen atoms in total. The van der Waals surface area contributed by atoms with Crippen LogP contribution >= 0.6 is 15.9 Å². The molecule has 2 aromatic rings. The van der Waals surface area contributed by atoms with Crippen LogP contribution in [0, 0.1) is 29.6 Å². The van der Waals surface area contributed by atoms with Crippen LogP contribution in [0.3, 0.4) is 0 Å². The maximum Gasteiger partial charge on any atom is 0.142 e. The van der Waals surface area contributed by atoms with Gasteiger partial charge in [-0.25, -0.2) is 4.98 Å². The van der Waals surface area contributed by atoms with E-state index in [4.69, 9.17) is 5.73 Å². The Bertz CT molecular complexity index is 1000. The zero-order chi connectivity index (χ0) is 17.4. The molecule has 1 heterocycles. The lowest BCUT2D eigenvalue weighted by atomic mass is 9.95. The third-order valence-corrected chi connectivity index (χ3v) is 4.69. The molecule has 0 radical (unpaired) electrons. The Morgan fingerprint density at radius 1 is 1.12 bits per heavy atom. The van der Waals surface area contributed by atoms with Gasteiger partial charge in [-0.05, 0) is 54.3 Å². The molecule has 0 saturated heterocycles. The van der Waals surface area contributed by atoms with Gasteiger partial charge >= 0.3 is 0 Å². The van der Waals surface area contributed by atoms with Crippen LogP contribution in [0.5, 0.6) is 0 Å². The van der Waals surface area contributed by atoms with Crippen molar-refractivity contribution in [3.05, 3.63) is 62.3 Å². The Morgan fingerprint density at radius 2 is 1.79 bits per heavy atom. The Morgan fingerprint density at radius 3 is 2.38 bits per heavy atom. The van der Waals surface area contributed by atoms with Crippen LogP contribution in [0.25, 0.3) is 17.2 Å². The Kier molecular flexibility index (Phi) is 3.97. The van der Waals surface area contributed by atoms with Crippen LogP contribution in [0.1, 0.15) is 34.9 Å². The molecule has 0 unspecified atom stereocenters. The Labute approximate surface area is 148 Å². The molecule has 1 aromatic carbocycles. The van der Waals surface area contributed by atoms with Gasteiger partial charge < -0.3 is 5.73 Å². The number of nitriles is 2. The van der Waals surface area contributed by atoms with Crippen LogP contribution < -0.4 is 5.73 Å². The molecule has 0 fully saturated rings. The predicted molar refractivity (Wildman–Crippen MR) is 98.3 cm³/mol. The number of nitrogen functional groups attached to an aromatic ring is 1. The van der Waals surface area contributed by atoms with E-state index in [1.807, 2.05) is 44.2 Å². The number of benzene rings is 1. The lowest BCUT2D eigenvalue weighted by Gasteiger charge is -2.11. The van der Waals surface area contributed by atoms with Crippen molar-refractivity contribution in [2.24, 2.45) is 0 Å². The summed E-state index contributed by atoms with van der Waals surface area (Å²) in [5.41, 5.74) is 11.7. The number of allylic oxidation sites excluding steroid dienone is 3. The first-order chi connectivity index (χ1) is 11.5. The Hall–Kier alpha value is -2.89. The molecule has 0 aliphatic heterocycles. The van der Waals surface area contributed by atoms with Crippen LogP contribution in [-0.2, 0) is 0 Å². The molecule has 1 aromatic heterocycles. The van der Waals surface area contributed by atoms with E-state index in [1.54, 1.807) is 0 Å². The van der Waals surface area contributed by atoms with Gasteiger partial charge in [0.15, 0.2) is 0 Å². The molecular formula is C19H13BrN4. The maximum absolute atomic E-state index is 9.52. The fourth-order valence-corrected chi connectivity index (χ4v) is 3.19. The maximum atomic E-state index is 9.52. The molecule has 5 heteroatoms. The largest absolute Gasteiger partial charge is 0.383 e. The quantitative estimate of drug-likeness (QED) is 0.795. The Balaban J connectivity index is 2.31. The summed E-state index contributed by atoms with van der Waals surface area (Å²) in [6, 6.07) is 12.2. The summed E-state index contributed by atoms with van der Waals surface area (Å²) in [5, 5.41) is 18.9. The molecule has 2 N–H and O–H groups in total. The summed E-state index contributed by atoms with van der Waals surface area (Å²) in [7, 11) is 0. The number of anilines is 1. The number of rotatable bonds is 1. The molecule has 0 amide bonds. The van der Waals surface area contributed by atoms with E-state index in [2.05, 4.69) is 33.1 Å². The fraction of sp³-hybridized carbons (Fsp3) is 0.105. The highest BCUT2D eigenvalue weighted by Gasteiger charge is 2.29. The summed E-state index contributed by atoms with van der Waals surface area (Å²) >= 11 is 3.42.